The molecule has 0 saturated heterocycles. The van der Waals surface area contributed by atoms with Crippen LogP contribution in [-0.4, -0.2) is 37.2 Å². The summed E-state index contributed by atoms with van der Waals surface area (Å²) in [5.74, 6) is 2.68. The first-order chi connectivity index (χ1) is 13.7. The van der Waals surface area contributed by atoms with Gasteiger partial charge in [0, 0.05) is 31.4 Å². The van der Waals surface area contributed by atoms with Gasteiger partial charge < -0.3 is 20.7 Å². The Bertz CT molecular complexity index is 718. The second-order valence-corrected chi connectivity index (χ2v) is 6.51. The number of anilines is 1. The van der Waals surface area contributed by atoms with Gasteiger partial charge in [-0.15, -0.1) is 0 Å². The Morgan fingerprint density at radius 3 is 2.68 bits per heavy atom. The van der Waals surface area contributed by atoms with E-state index in [-0.39, 0.29) is 0 Å². The number of hydrogen-bond acceptors (Lipinski definition) is 4. The van der Waals surface area contributed by atoms with Crippen LogP contribution in [0, 0.1) is 6.92 Å². The molecule has 0 aliphatic carbocycles. The summed E-state index contributed by atoms with van der Waals surface area (Å²) in [4.78, 5) is 8.97. The van der Waals surface area contributed by atoms with Crippen LogP contribution >= 0.6 is 0 Å². The fourth-order valence-electron chi connectivity index (χ4n) is 2.73. The topological polar surface area (TPSA) is 70.6 Å². The lowest BCUT2D eigenvalue weighted by molar-refractivity contribution is 0.336. The van der Waals surface area contributed by atoms with Gasteiger partial charge in [0.2, 0.25) is 0 Å². The highest BCUT2D eigenvalue weighted by atomic mass is 16.5. The molecule has 28 heavy (non-hydrogen) atoms. The highest BCUT2D eigenvalue weighted by Gasteiger charge is 2.04. The molecule has 152 valence electrons. The third-order valence-electron chi connectivity index (χ3n) is 4.14. The van der Waals surface area contributed by atoms with Crippen LogP contribution in [0.1, 0.15) is 37.8 Å². The SMILES string of the molecule is CCNC(=NCc1ccc(C)cc1OCC)NCCCCNc1ccccn1. The number of aryl methyl sites for hydroxylation is 1. The van der Waals surface area contributed by atoms with Crippen molar-refractivity contribution >= 4 is 11.8 Å². The predicted molar refractivity (Wildman–Crippen MR) is 117 cm³/mol. The molecule has 0 aliphatic rings. The zero-order valence-electron chi connectivity index (χ0n) is 17.3. The number of guanidine groups is 1. The lowest BCUT2D eigenvalue weighted by Gasteiger charge is -2.13. The van der Waals surface area contributed by atoms with Crippen molar-refractivity contribution < 1.29 is 4.74 Å². The molecule has 1 heterocycles. The van der Waals surface area contributed by atoms with Crippen LogP contribution in [0.25, 0.3) is 0 Å². The molecule has 2 rings (SSSR count). The largest absolute Gasteiger partial charge is 0.494 e. The Morgan fingerprint density at radius 2 is 1.93 bits per heavy atom. The molecule has 2 aromatic rings. The molecule has 0 bridgehead atoms. The smallest absolute Gasteiger partial charge is 0.191 e. The molecule has 0 spiro atoms. The number of pyridine rings is 1. The minimum Gasteiger partial charge on any atom is -0.494 e. The number of benzene rings is 1. The van der Waals surface area contributed by atoms with Crippen LogP contribution in [0.15, 0.2) is 47.6 Å². The first-order valence-electron chi connectivity index (χ1n) is 10.1. The molecule has 0 aliphatic heterocycles. The van der Waals surface area contributed by atoms with Gasteiger partial charge in [-0.3, -0.25) is 0 Å². The van der Waals surface area contributed by atoms with E-state index < -0.39 is 0 Å². The number of rotatable bonds is 11. The summed E-state index contributed by atoms with van der Waals surface area (Å²) >= 11 is 0. The maximum atomic E-state index is 5.75. The number of nitrogens with zero attached hydrogens (tertiary/aromatic N) is 2. The average Bonchev–Trinajstić information content (AvgIpc) is 2.70. The second-order valence-electron chi connectivity index (χ2n) is 6.51. The van der Waals surface area contributed by atoms with Crippen molar-refractivity contribution in [3.63, 3.8) is 0 Å². The van der Waals surface area contributed by atoms with E-state index in [0.717, 1.165) is 55.6 Å². The average molecular weight is 384 g/mol. The van der Waals surface area contributed by atoms with E-state index in [0.29, 0.717) is 13.2 Å². The zero-order valence-corrected chi connectivity index (χ0v) is 17.3. The number of unbranched alkanes of at least 4 members (excludes halogenated alkanes) is 1. The number of hydrogen-bond donors (Lipinski definition) is 3. The Morgan fingerprint density at radius 1 is 1.07 bits per heavy atom. The fourth-order valence-corrected chi connectivity index (χ4v) is 2.73. The highest BCUT2D eigenvalue weighted by Crippen LogP contribution is 2.21. The Kier molecular flexibility index (Phi) is 9.69. The molecule has 0 saturated carbocycles. The van der Waals surface area contributed by atoms with Gasteiger partial charge in [-0.1, -0.05) is 18.2 Å². The third-order valence-corrected chi connectivity index (χ3v) is 4.14. The van der Waals surface area contributed by atoms with Crippen molar-refractivity contribution in [1.82, 2.24) is 15.6 Å². The zero-order chi connectivity index (χ0) is 20.0. The Labute approximate surface area is 168 Å². The molecule has 3 N–H and O–H groups in total. The van der Waals surface area contributed by atoms with Gasteiger partial charge in [0.1, 0.15) is 11.6 Å². The number of aromatic nitrogens is 1. The number of nitrogens with one attached hydrogen (secondary N) is 3. The summed E-state index contributed by atoms with van der Waals surface area (Å²) in [6.07, 6.45) is 3.92. The lowest BCUT2D eigenvalue weighted by Crippen LogP contribution is -2.37. The van der Waals surface area contributed by atoms with Gasteiger partial charge in [0.25, 0.3) is 0 Å². The standard InChI is InChI=1S/C22H33N5O/c1-4-23-22(26-15-9-8-14-25-21-10-6-7-13-24-21)27-17-19-12-11-18(3)16-20(19)28-5-2/h6-7,10-13,16H,4-5,8-9,14-15,17H2,1-3H3,(H,24,25)(H2,23,26,27). The molecule has 1 aromatic carbocycles. The molecule has 6 nitrogen and oxygen atoms in total. The van der Waals surface area contributed by atoms with Crippen LogP contribution in [-0.2, 0) is 6.54 Å². The van der Waals surface area contributed by atoms with E-state index in [1.54, 1.807) is 6.20 Å². The molecule has 0 amide bonds. The van der Waals surface area contributed by atoms with Crippen molar-refractivity contribution in [3.05, 3.63) is 53.7 Å². The second kappa shape index (κ2) is 12.6. The van der Waals surface area contributed by atoms with Gasteiger partial charge in [-0.25, -0.2) is 9.98 Å². The van der Waals surface area contributed by atoms with Crippen molar-refractivity contribution in [3.8, 4) is 5.75 Å². The van der Waals surface area contributed by atoms with E-state index in [2.05, 4.69) is 53.0 Å². The van der Waals surface area contributed by atoms with E-state index in [1.165, 1.54) is 5.56 Å². The summed E-state index contributed by atoms with van der Waals surface area (Å²) in [6, 6.07) is 12.2. The summed E-state index contributed by atoms with van der Waals surface area (Å²) in [5, 5.41) is 10.0. The van der Waals surface area contributed by atoms with Crippen LogP contribution in [0.4, 0.5) is 5.82 Å². The van der Waals surface area contributed by atoms with Crippen LogP contribution in [0.5, 0.6) is 5.75 Å². The maximum Gasteiger partial charge on any atom is 0.191 e. The molecule has 0 atom stereocenters. The molecule has 0 unspecified atom stereocenters. The Hall–Kier alpha value is -2.76. The van der Waals surface area contributed by atoms with Gasteiger partial charge in [-0.05, 0) is 57.4 Å². The molecular formula is C22H33N5O. The predicted octanol–water partition coefficient (Wildman–Crippen LogP) is 3.74. The molecular weight excluding hydrogens is 350 g/mol. The molecule has 0 radical (unpaired) electrons. The maximum absolute atomic E-state index is 5.75. The van der Waals surface area contributed by atoms with Crippen molar-refractivity contribution in [2.45, 2.75) is 40.2 Å². The highest BCUT2D eigenvalue weighted by molar-refractivity contribution is 5.79. The van der Waals surface area contributed by atoms with Gasteiger partial charge in [0.05, 0.1) is 13.2 Å². The number of ether oxygens (including phenoxy) is 1. The summed E-state index contributed by atoms with van der Waals surface area (Å²) in [5.41, 5.74) is 2.30. The van der Waals surface area contributed by atoms with Crippen molar-refractivity contribution in [2.24, 2.45) is 4.99 Å². The molecule has 0 fully saturated rings. The summed E-state index contributed by atoms with van der Waals surface area (Å²) < 4.78 is 5.75. The summed E-state index contributed by atoms with van der Waals surface area (Å²) in [6.45, 7) is 10.0. The summed E-state index contributed by atoms with van der Waals surface area (Å²) in [7, 11) is 0. The van der Waals surface area contributed by atoms with Crippen molar-refractivity contribution in [2.75, 3.05) is 31.6 Å². The monoisotopic (exact) mass is 383 g/mol. The Balaban J connectivity index is 1.77. The van der Waals surface area contributed by atoms with E-state index in [1.807, 2.05) is 25.1 Å². The van der Waals surface area contributed by atoms with Gasteiger partial charge in [-0.2, -0.15) is 0 Å². The first kappa shape index (κ1) is 21.5. The molecule has 6 heteroatoms. The van der Waals surface area contributed by atoms with E-state index >= 15 is 0 Å². The first-order valence-corrected chi connectivity index (χ1v) is 10.1. The quantitative estimate of drug-likeness (QED) is 0.313. The van der Waals surface area contributed by atoms with Crippen LogP contribution < -0.4 is 20.7 Å². The minimum absolute atomic E-state index is 0.589. The number of aliphatic imine (C=N–C) groups is 1. The van der Waals surface area contributed by atoms with Gasteiger partial charge >= 0.3 is 0 Å². The molecule has 1 aromatic heterocycles. The normalized spacial score (nSPS) is 11.2. The lowest BCUT2D eigenvalue weighted by atomic mass is 10.1. The fraction of sp³-hybridized carbons (Fsp3) is 0.455. The van der Waals surface area contributed by atoms with E-state index in [9.17, 15) is 0 Å². The van der Waals surface area contributed by atoms with Crippen LogP contribution in [0.2, 0.25) is 0 Å². The minimum atomic E-state index is 0.589. The van der Waals surface area contributed by atoms with Crippen molar-refractivity contribution in [1.29, 1.82) is 0 Å². The van der Waals surface area contributed by atoms with E-state index in [4.69, 9.17) is 9.73 Å². The van der Waals surface area contributed by atoms with Crippen LogP contribution in [0.3, 0.4) is 0 Å². The third kappa shape index (κ3) is 7.86. The van der Waals surface area contributed by atoms with Gasteiger partial charge in [0.15, 0.2) is 5.96 Å².